The molecule has 0 unspecified atom stereocenters. The number of nitrogens with zero attached hydrogens (tertiary/aromatic N) is 3. The summed E-state index contributed by atoms with van der Waals surface area (Å²) in [7, 11) is 0. The number of nitro benzene ring substituents is 2. The smallest absolute Gasteiger partial charge is 0.269 e. The summed E-state index contributed by atoms with van der Waals surface area (Å²) in [6, 6.07) is 35.7. The number of benzene rings is 6. The number of aryl methyl sites for hydroxylation is 2. The van der Waals surface area contributed by atoms with Crippen LogP contribution in [0, 0.1) is 34.1 Å². The summed E-state index contributed by atoms with van der Waals surface area (Å²) in [4.78, 5) is 24.0. The Morgan fingerprint density at radius 2 is 0.885 bits per heavy atom. The molecule has 0 saturated heterocycles. The van der Waals surface area contributed by atoms with E-state index in [2.05, 4.69) is 95.2 Å². The first-order valence-electron chi connectivity index (χ1n) is 21.8. The van der Waals surface area contributed by atoms with Gasteiger partial charge in [-0.1, -0.05) is 131 Å². The van der Waals surface area contributed by atoms with Gasteiger partial charge >= 0.3 is 0 Å². The van der Waals surface area contributed by atoms with Gasteiger partial charge in [-0.3, -0.25) is 20.2 Å². The fraction of sp³-hybridized carbons (Fsp3) is 0.302. The quantitative estimate of drug-likeness (QED) is 0.0508. The predicted octanol–water partition coefficient (Wildman–Crippen LogP) is 14.4. The van der Waals surface area contributed by atoms with Crippen molar-refractivity contribution in [1.82, 2.24) is 0 Å². The normalized spacial score (nSPS) is 13.9. The SMILES string of the molecule is CCCC1(CCC)c2cc([N+](=O)[O-])ccc2-c2ccc(C(=NO)c3ccc4c(c3-c3ccccc3C)C(CCC)(CCC)c3cc([N+](=O)[O-])ccc3-4)c(-c3ccccc3C)c21. The molecule has 2 aliphatic rings. The first-order chi connectivity index (χ1) is 29.5. The highest BCUT2D eigenvalue weighted by atomic mass is 16.6. The second-order valence-corrected chi connectivity index (χ2v) is 17.0. The van der Waals surface area contributed by atoms with E-state index < -0.39 is 10.8 Å². The summed E-state index contributed by atoms with van der Waals surface area (Å²) in [6.45, 7) is 12.9. The van der Waals surface area contributed by atoms with Gasteiger partial charge in [-0.15, -0.1) is 0 Å². The van der Waals surface area contributed by atoms with Crippen LogP contribution in [0.3, 0.4) is 0 Å². The van der Waals surface area contributed by atoms with Gasteiger partial charge in [0.1, 0.15) is 5.71 Å². The first-order valence-corrected chi connectivity index (χ1v) is 21.8. The molecule has 2 aliphatic carbocycles. The summed E-state index contributed by atoms with van der Waals surface area (Å²) >= 11 is 0. The summed E-state index contributed by atoms with van der Waals surface area (Å²) in [5.74, 6) is 0. The number of nitro groups is 2. The lowest BCUT2D eigenvalue weighted by Gasteiger charge is -2.35. The molecule has 0 amide bonds. The summed E-state index contributed by atoms with van der Waals surface area (Å²) in [5, 5.41) is 40.6. The molecule has 6 aromatic carbocycles. The van der Waals surface area contributed by atoms with Gasteiger partial charge in [0.15, 0.2) is 0 Å². The van der Waals surface area contributed by atoms with E-state index in [4.69, 9.17) is 0 Å². The first kappa shape index (κ1) is 41.3. The monoisotopic (exact) mass is 811 g/mol. The molecule has 61 heavy (non-hydrogen) atoms. The molecule has 8 heteroatoms. The van der Waals surface area contributed by atoms with Crippen LogP contribution in [0.25, 0.3) is 44.5 Å². The van der Waals surface area contributed by atoms with Crippen LogP contribution in [0.4, 0.5) is 11.4 Å². The van der Waals surface area contributed by atoms with E-state index >= 15 is 0 Å². The van der Waals surface area contributed by atoms with Crippen molar-refractivity contribution in [2.75, 3.05) is 0 Å². The molecule has 1 N–H and O–H groups in total. The molecule has 0 fully saturated rings. The average molecular weight is 812 g/mol. The summed E-state index contributed by atoms with van der Waals surface area (Å²) in [6.07, 6.45) is 6.56. The molecular formula is C53H53N3O5. The minimum Gasteiger partial charge on any atom is -0.410 e. The third kappa shape index (κ3) is 6.37. The summed E-state index contributed by atoms with van der Waals surface area (Å²) < 4.78 is 0. The Hall–Kier alpha value is -6.41. The van der Waals surface area contributed by atoms with Gasteiger partial charge in [-0.05, 0) is 130 Å². The third-order valence-electron chi connectivity index (χ3n) is 13.6. The number of hydrogen-bond donors (Lipinski definition) is 1. The number of non-ortho nitro benzene ring substituents is 2. The Morgan fingerprint density at radius 1 is 0.525 bits per heavy atom. The Labute approximate surface area is 358 Å². The van der Waals surface area contributed by atoms with Gasteiger partial charge in [-0.2, -0.15) is 0 Å². The zero-order valence-corrected chi connectivity index (χ0v) is 36.0. The average Bonchev–Trinajstić information content (AvgIpc) is 3.68. The molecule has 0 saturated carbocycles. The molecule has 8 nitrogen and oxygen atoms in total. The minimum atomic E-state index is -0.543. The van der Waals surface area contributed by atoms with Crippen molar-refractivity contribution in [3.63, 3.8) is 0 Å². The molecule has 0 atom stereocenters. The highest BCUT2D eigenvalue weighted by Gasteiger charge is 2.48. The van der Waals surface area contributed by atoms with Gasteiger partial charge in [0.2, 0.25) is 0 Å². The van der Waals surface area contributed by atoms with Crippen LogP contribution in [-0.2, 0) is 10.8 Å². The second-order valence-electron chi connectivity index (χ2n) is 17.0. The van der Waals surface area contributed by atoms with Crippen LogP contribution in [-0.4, -0.2) is 20.8 Å². The Morgan fingerprint density at radius 3 is 1.21 bits per heavy atom. The standard InChI is InChI=1S/C53H53N3O5/c1-7-27-52(28-8-2)45-31-35(55(58)59)19-21-39(45)41-23-25-43(47(49(41)52)37-17-13-11-15-33(37)5)51(54-57)44-26-24-42-40-22-20-36(56(60)61)32-46(40)53(29-9-3,30-10-4)50(42)48(44)38-18-14-12-16-34(38)6/h11-26,31-32,57H,7-10,27-30H2,1-6H3. The molecule has 0 heterocycles. The fourth-order valence-corrected chi connectivity index (χ4v) is 11.4. The lowest BCUT2D eigenvalue weighted by atomic mass is 9.67. The van der Waals surface area contributed by atoms with Crippen molar-refractivity contribution in [2.24, 2.45) is 5.16 Å². The van der Waals surface area contributed by atoms with Crippen LogP contribution in [0.1, 0.15) is 124 Å². The zero-order valence-electron chi connectivity index (χ0n) is 36.0. The van der Waals surface area contributed by atoms with Gasteiger partial charge < -0.3 is 5.21 Å². The Bertz CT molecular complexity index is 2570. The predicted molar refractivity (Wildman–Crippen MR) is 246 cm³/mol. The van der Waals surface area contributed by atoms with Crippen LogP contribution in [0.5, 0.6) is 0 Å². The van der Waals surface area contributed by atoms with Crippen molar-refractivity contribution in [3.8, 4) is 44.5 Å². The van der Waals surface area contributed by atoms with Crippen molar-refractivity contribution in [1.29, 1.82) is 0 Å². The molecule has 8 rings (SSSR count). The van der Waals surface area contributed by atoms with E-state index in [9.17, 15) is 25.4 Å². The fourth-order valence-electron chi connectivity index (χ4n) is 11.4. The molecule has 0 spiro atoms. The van der Waals surface area contributed by atoms with Crippen molar-refractivity contribution in [3.05, 3.63) is 174 Å². The zero-order chi connectivity index (χ0) is 43.2. The molecule has 310 valence electrons. The van der Waals surface area contributed by atoms with E-state index in [0.29, 0.717) is 5.71 Å². The number of fused-ring (bicyclic) bond motifs is 6. The lowest BCUT2D eigenvalue weighted by molar-refractivity contribution is -0.385. The number of hydrogen-bond acceptors (Lipinski definition) is 6. The third-order valence-corrected chi connectivity index (χ3v) is 13.6. The van der Waals surface area contributed by atoms with Crippen LogP contribution in [0.15, 0.2) is 114 Å². The Balaban J connectivity index is 1.51. The lowest BCUT2D eigenvalue weighted by Crippen LogP contribution is -2.27. The van der Waals surface area contributed by atoms with Crippen molar-refractivity contribution in [2.45, 2.75) is 104 Å². The van der Waals surface area contributed by atoms with E-state index in [1.165, 1.54) is 0 Å². The van der Waals surface area contributed by atoms with Crippen LogP contribution in [0.2, 0.25) is 0 Å². The largest absolute Gasteiger partial charge is 0.410 e. The van der Waals surface area contributed by atoms with Crippen LogP contribution < -0.4 is 0 Å². The summed E-state index contributed by atoms with van der Waals surface area (Å²) in [5.41, 5.74) is 15.4. The van der Waals surface area contributed by atoms with E-state index in [1.807, 2.05) is 36.4 Å². The Kier molecular flexibility index (Phi) is 11.0. The molecule has 6 aromatic rings. The van der Waals surface area contributed by atoms with Gasteiger partial charge in [0.25, 0.3) is 11.4 Å². The van der Waals surface area contributed by atoms with E-state index in [1.54, 1.807) is 24.3 Å². The molecule has 0 bridgehead atoms. The minimum absolute atomic E-state index is 0.0772. The topological polar surface area (TPSA) is 119 Å². The maximum atomic E-state index is 12.3. The van der Waals surface area contributed by atoms with Gasteiger partial charge in [0.05, 0.1) is 9.85 Å². The molecule has 0 aromatic heterocycles. The van der Waals surface area contributed by atoms with Crippen molar-refractivity contribution < 1.29 is 15.1 Å². The second kappa shape index (κ2) is 16.2. The van der Waals surface area contributed by atoms with Gasteiger partial charge in [-0.25, -0.2) is 0 Å². The number of rotatable bonds is 14. The van der Waals surface area contributed by atoms with Crippen molar-refractivity contribution >= 4 is 17.1 Å². The number of oxime groups is 1. The maximum absolute atomic E-state index is 12.3. The van der Waals surface area contributed by atoms with Crippen LogP contribution >= 0.6 is 0 Å². The highest BCUT2D eigenvalue weighted by molar-refractivity contribution is 6.21. The molecule has 0 radical (unpaired) electrons. The molecular weight excluding hydrogens is 759 g/mol. The van der Waals surface area contributed by atoms with E-state index in [0.717, 1.165) is 140 Å². The molecule has 0 aliphatic heterocycles. The highest BCUT2D eigenvalue weighted by Crippen LogP contribution is 2.61. The van der Waals surface area contributed by atoms with Gasteiger partial charge in [0, 0.05) is 46.2 Å². The maximum Gasteiger partial charge on any atom is 0.269 e. The van der Waals surface area contributed by atoms with E-state index in [-0.39, 0.29) is 21.2 Å².